The maximum absolute atomic E-state index is 12.8. The number of nitro groups is 1. The smallest absolute Gasteiger partial charge is 0.289 e. The summed E-state index contributed by atoms with van der Waals surface area (Å²) in [5.74, 6) is 1.03. The van der Waals surface area contributed by atoms with Gasteiger partial charge in [-0.1, -0.05) is 19.1 Å². The van der Waals surface area contributed by atoms with Crippen molar-refractivity contribution in [2.24, 2.45) is 0 Å². The van der Waals surface area contributed by atoms with E-state index in [9.17, 15) is 18.5 Å². The van der Waals surface area contributed by atoms with Crippen LogP contribution in [-0.2, 0) is 23.0 Å². The van der Waals surface area contributed by atoms with E-state index in [0.29, 0.717) is 26.2 Å². The lowest BCUT2D eigenvalue weighted by atomic mass is 10.3. The molecular weight excluding hydrogens is 370 g/mol. The molecule has 1 aromatic carbocycles. The molecular formula is C17H23N5O4S. The third kappa shape index (κ3) is 4.18. The first-order valence-corrected chi connectivity index (χ1v) is 10.3. The number of benzene rings is 1. The van der Waals surface area contributed by atoms with Crippen molar-refractivity contribution in [2.45, 2.75) is 24.8 Å². The van der Waals surface area contributed by atoms with Crippen LogP contribution in [0.15, 0.2) is 41.6 Å². The van der Waals surface area contributed by atoms with Crippen molar-refractivity contribution in [3.63, 3.8) is 0 Å². The molecule has 0 aliphatic carbocycles. The number of piperazine rings is 1. The molecule has 1 saturated heterocycles. The van der Waals surface area contributed by atoms with Crippen LogP contribution in [0.5, 0.6) is 0 Å². The molecule has 1 aliphatic heterocycles. The zero-order chi connectivity index (χ0) is 19.4. The summed E-state index contributed by atoms with van der Waals surface area (Å²) >= 11 is 0. The topological polar surface area (TPSA) is 102 Å². The molecule has 0 N–H and O–H groups in total. The van der Waals surface area contributed by atoms with Gasteiger partial charge in [0.05, 0.1) is 4.92 Å². The highest BCUT2D eigenvalue weighted by molar-refractivity contribution is 7.89. The van der Waals surface area contributed by atoms with Crippen LogP contribution in [0.3, 0.4) is 0 Å². The summed E-state index contributed by atoms with van der Waals surface area (Å²) in [5, 5.41) is 11.2. The molecule has 0 unspecified atom stereocenters. The van der Waals surface area contributed by atoms with Crippen LogP contribution in [0, 0.1) is 10.1 Å². The molecule has 0 amide bonds. The van der Waals surface area contributed by atoms with E-state index in [4.69, 9.17) is 0 Å². The van der Waals surface area contributed by atoms with Gasteiger partial charge in [-0.25, -0.2) is 13.4 Å². The number of hydrogen-bond donors (Lipinski definition) is 0. The van der Waals surface area contributed by atoms with E-state index in [2.05, 4.69) is 21.4 Å². The fourth-order valence-electron chi connectivity index (χ4n) is 3.27. The molecule has 1 aliphatic rings. The maximum atomic E-state index is 12.8. The van der Waals surface area contributed by atoms with Crippen molar-refractivity contribution >= 4 is 15.7 Å². The largest absolute Gasteiger partial charge is 0.334 e. The van der Waals surface area contributed by atoms with E-state index in [1.165, 1.54) is 28.6 Å². The highest BCUT2D eigenvalue weighted by Crippen LogP contribution is 2.26. The summed E-state index contributed by atoms with van der Waals surface area (Å²) in [6.07, 6.45) is 4.61. The molecule has 0 radical (unpaired) electrons. The number of aromatic nitrogens is 2. The fraction of sp³-hybridized carbons (Fsp3) is 0.471. The van der Waals surface area contributed by atoms with Crippen LogP contribution in [0.4, 0.5) is 5.69 Å². The molecule has 2 heterocycles. The minimum atomic E-state index is -3.88. The van der Waals surface area contributed by atoms with Gasteiger partial charge in [0.15, 0.2) is 4.90 Å². The minimum absolute atomic E-state index is 0.241. The predicted octanol–water partition coefficient (Wildman–Crippen LogP) is 1.36. The normalized spacial score (nSPS) is 16.5. The Morgan fingerprint density at radius 3 is 2.52 bits per heavy atom. The van der Waals surface area contributed by atoms with Gasteiger partial charge in [0.25, 0.3) is 5.69 Å². The number of nitrogens with zero attached hydrogens (tertiary/aromatic N) is 5. The van der Waals surface area contributed by atoms with Gasteiger partial charge in [0.1, 0.15) is 5.82 Å². The van der Waals surface area contributed by atoms with Crippen molar-refractivity contribution in [2.75, 3.05) is 32.7 Å². The summed E-state index contributed by atoms with van der Waals surface area (Å²) in [4.78, 5) is 16.8. The number of rotatable bonds is 7. The molecule has 27 heavy (non-hydrogen) atoms. The molecule has 10 heteroatoms. The Kier molecular flexibility index (Phi) is 5.88. The van der Waals surface area contributed by atoms with E-state index in [1.807, 2.05) is 6.20 Å². The van der Waals surface area contributed by atoms with Gasteiger partial charge in [-0.3, -0.25) is 15.0 Å². The Hall–Kier alpha value is -2.30. The van der Waals surface area contributed by atoms with Crippen molar-refractivity contribution in [3.8, 4) is 0 Å². The Labute approximate surface area is 158 Å². The van der Waals surface area contributed by atoms with Crippen molar-refractivity contribution in [1.82, 2.24) is 18.8 Å². The second-order valence-corrected chi connectivity index (χ2v) is 8.27. The van der Waals surface area contributed by atoms with Crippen LogP contribution in [0.2, 0.25) is 0 Å². The Balaban J connectivity index is 1.62. The quantitative estimate of drug-likeness (QED) is 0.520. The lowest BCUT2D eigenvalue weighted by Gasteiger charge is -2.33. The lowest BCUT2D eigenvalue weighted by molar-refractivity contribution is -0.387. The zero-order valence-corrected chi connectivity index (χ0v) is 16.0. The van der Waals surface area contributed by atoms with Crippen LogP contribution in [0.25, 0.3) is 0 Å². The molecule has 2 aromatic rings. The summed E-state index contributed by atoms with van der Waals surface area (Å²) in [6.45, 7) is 5.50. The van der Waals surface area contributed by atoms with Crippen molar-refractivity contribution < 1.29 is 13.3 Å². The SMILES string of the molecule is CCc1nccn1CCN1CCN(S(=O)(=O)c2ccccc2[N+](=O)[O-])CC1. The van der Waals surface area contributed by atoms with Gasteiger partial charge in [-0.15, -0.1) is 0 Å². The van der Waals surface area contributed by atoms with E-state index >= 15 is 0 Å². The number of imidazole rings is 1. The number of sulfonamides is 1. The molecule has 0 spiro atoms. The highest BCUT2D eigenvalue weighted by atomic mass is 32.2. The molecule has 1 fully saturated rings. The minimum Gasteiger partial charge on any atom is -0.334 e. The van der Waals surface area contributed by atoms with E-state index in [-0.39, 0.29) is 10.6 Å². The molecule has 3 rings (SSSR count). The standard InChI is InChI=1S/C17H23N5O4S/c1-2-17-18-7-8-20(17)12-9-19-10-13-21(14-11-19)27(25,26)16-6-4-3-5-15(16)22(23)24/h3-8H,2,9-14H2,1H3. The Morgan fingerprint density at radius 2 is 1.85 bits per heavy atom. The predicted molar refractivity (Wildman–Crippen MR) is 99.9 cm³/mol. The molecule has 0 saturated carbocycles. The Bertz CT molecular complexity index is 904. The van der Waals surface area contributed by atoms with E-state index in [0.717, 1.165) is 25.3 Å². The van der Waals surface area contributed by atoms with Gasteiger partial charge in [-0.05, 0) is 6.07 Å². The fourth-order valence-corrected chi connectivity index (χ4v) is 4.85. The second-order valence-electron chi connectivity index (χ2n) is 6.36. The van der Waals surface area contributed by atoms with Gasteiger partial charge < -0.3 is 4.57 Å². The number of nitro benzene ring substituents is 1. The molecule has 0 atom stereocenters. The first-order chi connectivity index (χ1) is 12.9. The molecule has 9 nitrogen and oxygen atoms in total. The highest BCUT2D eigenvalue weighted by Gasteiger charge is 2.33. The number of para-hydroxylation sites is 1. The van der Waals surface area contributed by atoms with Crippen LogP contribution >= 0.6 is 0 Å². The van der Waals surface area contributed by atoms with E-state index < -0.39 is 14.9 Å². The van der Waals surface area contributed by atoms with Crippen LogP contribution in [-0.4, -0.2) is 64.8 Å². The molecule has 146 valence electrons. The third-order valence-corrected chi connectivity index (χ3v) is 6.73. The van der Waals surface area contributed by atoms with Crippen molar-refractivity contribution in [3.05, 3.63) is 52.6 Å². The average Bonchev–Trinajstić information content (AvgIpc) is 3.14. The summed E-state index contributed by atoms with van der Waals surface area (Å²) in [6, 6.07) is 5.49. The maximum Gasteiger partial charge on any atom is 0.289 e. The number of hydrogen-bond acceptors (Lipinski definition) is 6. The zero-order valence-electron chi connectivity index (χ0n) is 15.2. The van der Waals surface area contributed by atoms with Crippen LogP contribution in [0.1, 0.15) is 12.7 Å². The van der Waals surface area contributed by atoms with Gasteiger partial charge in [0.2, 0.25) is 10.0 Å². The third-order valence-electron chi connectivity index (χ3n) is 4.79. The summed E-state index contributed by atoms with van der Waals surface area (Å²) in [7, 11) is -3.88. The molecule has 1 aromatic heterocycles. The monoisotopic (exact) mass is 393 g/mol. The summed E-state index contributed by atoms with van der Waals surface area (Å²) in [5.41, 5.74) is -0.382. The van der Waals surface area contributed by atoms with Gasteiger partial charge in [-0.2, -0.15) is 4.31 Å². The summed E-state index contributed by atoms with van der Waals surface area (Å²) < 4.78 is 29.1. The Morgan fingerprint density at radius 1 is 1.15 bits per heavy atom. The van der Waals surface area contributed by atoms with Gasteiger partial charge >= 0.3 is 0 Å². The first kappa shape index (κ1) is 19.5. The van der Waals surface area contributed by atoms with E-state index in [1.54, 1.807) is 6.20 Å². The average molecular weight is 393 g/mol. The lowest BCUT2D eigenvalue weighted by Crippen LogP contribution is -2.49. The van der Waals surface area contributed by atoms with Crippen LogP contribution < -0.4 is 0 Å². The van der Waals surface area contributed by atoms with Gasteiger partial charge in [0, 0.05) is 64.1 Å². The number of aryl methyl sites for hydroxylation is 1. The molecule has 0 bridgehead atoms. The van der Waals surface area contributed by atoms with Crippen molar-refractivity contribution in [1.29, 1.82) is 0 Å². The second kappa shape index (κ2) is 8.15. The first-order valence-electron chi connectivity index (χ1n) is 8.89.